The minimum absolute atomic E-state index is 0.000928. The van der Waals surface area contributed by atoms with Crippen molar-refractivity contribution in [2.75, 3.05) is 19.6 Å². The summed E-state index contributed by atoms with van der Waals surface area (Å²) in [4.78, 5) is 27.7. The van der Waals surface area contributed by atoms with Crippen LogP contribution in [0.2, 0.25) is 5.02 Å². The zero-order valence-electron chi connectivity index (χ0n) is 19.1. The Morgan fingerprint density at radius 3 is 2.56 bits per heavy atom. The van der Waals surface area contributed by atoms with E-state index in [1.807, 2.05) is 34.7 Å². The topological polar surface area (TPSA) is 67.2 Å². The van der Waals surface area contributed by atoms with Crippen molar-refractivity contribution >= 4 is 23.4 Å². The Labute approximate surface area is 195 Å². The number of aryl methyl sites for hydroxylation is 1. The third kappa shape index (κ3) is 5.01. The van der Waals surface area contributed by atoms with Crippen LogP contribution in [0.3, 0.4) is 0 Å². The number of nitrogens with zero attached hydrogens (tertiary/aromatic N) is 3. The molecule has 0 radical (unpaired) electrons. The molecule has 6 nitrogen and oxygen atoms in total. The molecule has 0 atom stereocenters. The van der Waals surface area contributed by atoms with Crippen LogP contribution in [0, 0.1) is 12.8 Å². The minimum atomic E-state index is 0.000928. The SMILES string of the molecule is CCCCCNC(=O)C1CCN(C(=O)c2cnn(-c3ccc(C)c(Cl)c3)c2C2CC2)CC1. The normalized spacial score (nSPS) is 16.9. The molecule has 0 bridgehead atoms. The highest BCUT2D eigenvalue weighted by atomic mass is 35.5. The van der Waals surface area contributed by atoms with Gasteiger partial charge in [-0.1, -0.05) is 37.4 Å². The third-order valence-corrected chi connectivity index (χ3v) is 7.04. The number of amides is 2. The van der Waals surface area contributed by atoms with Crippen LogP contribution < -0.4 is 5.32 Å². The molecule has 7 heteroatoms. The number of benzene rings is 1. The van der Waals surface area contributed by atoms with E-state index in [0.717, 1.165) is 55.6 Å². The van der Waals surface area contributed by atoms with Gasteiger partial charge >= 0.3 is 0 Å². The van der Waals surface area contributed by atoms with Gasteiger partial charge in [0, 0.05) is 36.5 Å². The van der Waals surface area contributed by atoms with Crippen molar-refractivity contribution in [3.05, 3.63) is 46.2 Å². The van der Waals surface area contributed by atoms with Crippen molar-refractivity contribution in [2.45, 2.75) is 64.7 Å². The van der Waals surface area contributed by atoms with Gasteiger partial charge < -0.3 is 10.2 Å². The molecule has 1 saturated carbocycles. The number of unbranched alkanes of at least 4 members (excludes halogenated alkanes) is 2. The molecule has 32 heavy (non-hydrogen) atoms. The summed E-state index contributed by atoms with van der Waals surface area (Å²) in [6, 6.07) is 5.89. The van der Waals surface area contributed by atoms with Gasteiger partial charge in [0.1, 0.15) is 0 Å². The van der Waals surface area contributed by atoms with Gasteiger partial charge in [-0.2, -0.15) is 5.10 Å². The molecule has 0 spiro atoms. The maximum atomic E-state index is 13.4. The van der Waals surface area contributed by atoms with E-state index in [4.69, 9.17) is 11.6 Å². The van der Waals surface area contributed by atoms with E-state index in [2.05, 4.69) is 17.3 Å². The number of hydrogen-bond donors (Lipinski definition) is 1. The van der Waals surface area contributed by atoms with Crippen molar-refractivity contribution in [3.8, 4) is 5.69 Å². The molecule has 2 aromatic rings. The van der Waals surface area contributed by atoms with Crippen LogP contribution in [0.5, 0.6) is 0 Å². The number of hydrogen-bond acceptors (Lipinski definition) is 3. The van der Waals surface area contributed by atoms with Crippen molar-refractivity contribution in [3.63, 3.8) is 0 Å². The Morgan fingerprint density at radius 2 is 1.91 bits per heavy atom. The van der Waals surface area contributed by atoms with Gasteiger partial charge in [-0.3, -0.25) is 9.59 Å². The summed E-state index contributed by atoms with van der Waals surface area (Å²) in [6.07, 6.45) is 8.59. The van der Waals surface area contributed by atoms with E-state index in [9.17, 15) is 9.59 Å². The van der Waals surface area contributed by atoms with Crippen molar-refractivity contribution in [2.24, 2.45) is 5.92 Å². The first kappa shape index (κ1) is 22.8. The lowest BCUT2D eigenvalue weighted by Gasteiger charge is -2.31. The second kappa shape index (κ2) is 10.1. The van der Waals surface area contributed by atoms with Gasteiger partial charge in [0.25, 0.3) is 5.91 Å². The van der Waals surface area contributed by atoms with E-state index in [1.165, 1.54) is 0 Å². The lowest BCUT2D eigenvalue weighted by molar-refractivity contribution is -0.126. The second-order valence-corrected chi connectivity index (χ2v) is 9.53. The quantitative estimate of drug-likeness (QED) is 0.576. The smallest absolute Gasteiger partial charge is 0.257 e. The second-order valence-electron chi connectivity index (χ2n) is 9.13. The lowest BCUT2D eigenvalue weighted by Crippen LogP contribution is -2.43. The molecular weight excluding hydrogens is 424 g/mol. The first-order chi connectivity index (χ1) is 15.5. The van der Waals surface area contributed by atoms with E-state index >= 15 is 0 Å². The molecular formula is C25H33ClN4O2. The summed E-state index contributed by atoms with van der Waals surface area (Å²) in [5.41, 5.74) is 3.58. The summed E-state index contributed by atoms with van der Waals surface area (Å²) < 4.78 is 1.88. The average molecular weight is 457 g/mol. The van der Waals surface area contributed by atoms with Gasteiger partial charge in [0.15, 0.2) is 0 Å². The maximum Gasteiger partial charge on any atom is 0.257 e. The number of nitrogens with one attached hydrogen (secondary N) is 1. The van der Waals surface area contributed by atoms with E-state index in [0.29, 0.717) is 42.4 Å². The predicted molar refractivity (Wildman–Crippen MR) is 126 cm³/mol. The molecule has 4 rings (SSSR count). The van der Waals surface area contributed by atoms with Crippen molar-refractivity contribution in [1.82, 2.24) is 20.0 Å². The van der Waals surface area contributed by atoms with Crippen LogP contribution in [-0.2, 0) is 4.79 Å². The van der Waals surface area contributed by atoms with E-state index in [1.54, 1.807) is 6.20 Å². The summed E-state index contributed by atoms with van der Waals surface area (Å²) in [6.45, 7) is 6.09. The van der Waals surface area contributed by atoms with Crippen LogP contribution in [-0.4, -0.2) is 46.1 Å². The number of aromatic nitrogens is 2. The minimum Gasteiger partial charge on any atom is -0.356 e. The molecule has 1 aliphatic carbocycles. The molecule has 2 fully saturated rings. The van der Waals surface area contributed by atoms with Gasteiger partial charge in [-0.05, 0) is 56.7 Å². The van der Waals surface area contributed by atoms with Crippen molar-refractivity contribution < 1.29 is 9.59 Å². The predicted octanol–water partition coefficient (Wildman–Crippen LogP) is 4.87. The van der Waals surface area contributed by atoms with E-state index in [-0.39, 0.29) is 17.7 Å². The summed E-state index contributed by atoms with van der Waals surface area (Å²) in [5, 5.41) is 8.33. The Hall–Kier alpha value is -2.34. The summed E-state index contributed by atoms with van der Waals surface area (Å²) in [7, 11) is 0. The van der Waals surface area contributed by atoms with Gasteiger partial charge in [-0.25, -0.2) is 4.68 Å². The Morgan fingerprint density at radius 1 is 1.16 bits per heavy atom. The molecule has 172 valence electrons. The highest BCUT2D eigenvalue weighted by Crippen LogP contribution is 2.43. The summed E-state index contributed by atoms with van der Waals surface area (Å²) in [5.74, 6) is 0.526. The fourth-order valence-corrected chi connectivity index (χ4v) is 4.61. The molecule has 1 saturated heterocycles. The van der Waals surface area contributed by atoms with Gasteiger partial charge in [0.2, 0.25) is 5.91 Å². The molecule has 2 aliphatic rings. The largest absolute Gasteiger partial charge is 0.356 e. The highest BCUT2D eigenvalue weighted by Gasteiger charge is 2.35. The maximum absolute atomic E-state index is 13.4. The Balaban J connectivity index is 1.43. The Bertz CT molecular complexity index is 974. The average Bonchev–Trinajstić information content (AvgIpc) is 3.56. The fourth-order valence-electron chi connectivity index (χ4n) is 4.44. The van der Waals surface area contributed by atoms with Gasteiger partial charge in [0.05, 0.1) is 23.1 Å². The fraction of sp³-hybridized carbons (Fsp3) is 0.560. The number of carbonyl (C=O) groups is 2. The standard InChI is InChI=1S/C25H33ClN4O2/c1-3-4-5-12-27-24(31)19-10-13-29(14-11-19)25(32)21-16-28-30(23(21)18-7-8-18)20-9-6-17(2)22(26)15-20/h6,9,15-16,18-19H,3-5,7-8,10-14H2,1-2H3,(H,27,31). The molecule has 1 N–H and O–H groups in total. The molecule has 2 amide bonds. The number of likely N-dealkylation sites (tertiary alicyclic amines) is 1. The molecule has 1 aromatic carbocycles. The number of piperidine rings is 1. The molecule has 1 aromatic heterocycles. The lowest BCUT2D eigenvalue weighted by atomic mass is 9.95. The monoisotopic (exact) mass is 456 g/mol. The van der Waals surface area contributed by atoms with Crippen LogP contribution in [0.25, 0.3) is 5.69 Å². The first-order valence-electron chi connectivity index (χ1n) is 11.9. The van der Waals surface area contributed by atoms with E-state index < -0.39 is 0 Å². The number of carbonyl (C=O) groups excluding carboxylic acids is 2. The van der Waals surface area contributed by atoms with Crippen LogP contribution in [0.1, 0.15) is 79.4 Å². The third-order valence-electron chi connectivity index (χ3n) is 6.63. The highest BCUT2D eigenvalue weighted by molar-refractivity contribution is 6.31. The zero-order chi connectivity index (χ0) is 22.7. The number of rotatable bonds is 8. The van der Waals surface area contributed by atoms with Crippen molar-refractivity contribution in [1.29, 1.82) is 0 Å². The zero-order valence-corrected chi connectivity index (χ0v) is 19.8. The summed E-state index contributed by atoms with van der Waals surface area (Å²) >= 11 is 6.34. The Kier molecular flexibility index (Phi) is 7.19. The first-order valence-corrected chi connectivity index (χ1v) is 12.3. The molecule has 0 unspecified atom stereocenters. The van der Waals surface area contributed by atoms with Crippen LogP contribution in [0.15, 0.2) is 24.4 Å². The number of halogens is 1. The van der Waals surface area contributed by atoms with Crippen LogP contribution >= 0.6 is 11.6 Å². The van der Waals surface area contributed by atoms with Gasteiger partial charge in [-0.15, -0.1) is 0 Å². The van der Waals surface area contributed by atoms with Crippen LogP contribution in [0.4, 0.5) is 0 Å². The molecule has 2 heterocycles. The molecule has 1 aliphatic heterocycles.